The highest BCUT2D eigenvalue weighted by Gasteiger charge is 2.26. The van der Waals surface area contributed by atoms with Crippen LogP contribution in [-0.4, -0.2) is 49.3 Å². The molecule has 7 heteroatoms. The minimum absolute atomic E-state index is 0.0584. The van der Waals surface area contributed by atoms with E-state index in [2.05, 4.69) is 15.0 Å². The van der Waals surface area contributed by atoms with Gasteiger partial charge < -0.3 is 14.8 Å². The number of carbonyl (C=O) groups excluding carboxylic acids is 1. The van der Waals surface area contributed by atoms with Crippen molar-refractivity contribution in [3.8, 4) is 5.75 Å². The predicted molar refractivity (Wildman–Crippen MR) is 78.2 cm³/mol. The first-order valence-corrected chi connectivity index (χ1v) is 7.17. The highest BCUT2D eigenvalue weighted by molar-refractivity contribution is 5.94. The number of rotatable bonds is 5. The number of nitrogens with zero attached hydrogens (tertiary/aromatic N) is 1. The predicted octanol–water partition coefficient (Wildman–Crippen LogP) is 2.34. The number of alkyl halides is 2. The number of hydrogen-bond acceptors (Lipinski definition) is 4. The molecule has 1 N–H and O–H groups in total. The summed E-state index contributed by atoms with van der Waals surface area (Å²) >= 11 is 0. The third kappa shape index (κ3) is 4.64. The van der Waals surface area contributed by atoms with E-state index >= 15 is 0 Å². The van der Waals surface area contributed by atoms with Crippen molar-refractivity contribution in [3.05, 3.63) is 24.3 Å². The van der Waals surface area contributed by atoms with E-state index in [1.165, 1.54) is 24.3 Å². The van der Waals surface area contributed by atoms with Crippen molar-refractivity contribution in [1.29, 1.82) is 0 Å². The molecule has 0 aliphatic carbocycles. The van der Waals surface area contributed by atoms with Crippen LogP contribution >= 0.6 is 0 Å². The van der Waals surface area contributed by atoms with Crippen LogP contribution < -0.4 is 10.1 Å². The quantitative estimate of drug-likeness (QED) is 0.906. The van der Waals surface area contributed by atoms with E-state index in [0.29, 0.717) is 25.4 Å². The minimum atomic E-state index is -2.86. The lowest BCUT2D eigenvalue weighted by molar-refractivity contribution is -0.123. The Hall–Kier alpha value is -1.73. The van der Waals surface area contributed by atoms with E-state index in [1.807, 2.05) is 13.8 Å². The van der Waals surface area contributed by atoms with E-state index in [9.17, 15) is 13.6 Å². The molecule has 0 unspecified atom stereocenters. The van der Waals surface area contributed by atoms with Crippen LogP contribution in [0, 0.1) is 0 Å². The van der Waals surface area contributed by atoms with Gasteiger partial charge in [0.2, 0.25) is 5.91 Å². The average Bonchev–Trinajstić information content (AvgIpc) is 2.48. The molecule has 1 aliphatic rings. The van der Waals surface area contributed by atoms with Gasteiger partial charge in [0.25, 0.3) is 0 Å². The van der Waals surface area contributed by atoms with Crippen LogP contribution in [0.3, 0.4) is 0 Å². The second-order valence-electron chi connectivity index (χ2n) is 5.24. The first-order valence-electron chi connectivity index (χ1n) is 7.17. The van der Waals surface area contributed by atoms with Gasteiger partial charge in [-0.05, 0) is 38.1 Å². The summed E-state index contributed by atoms with van der Waals surface area (Å²) in [5.74, 6) is -0.0836. The van der Waals surface area contributed by atoms with E-state index in [1.54, 1.807) is 0 Å². The van der Waals surface area contributed by atoms with Gasteiger partial charge in [-0.15, -0.1) is 0 Å². The van der Waals surface area contributed by atoms with Crippen molar-refractivity contribution in [2.45, 2.75) is 32.6 Å². The Morgan fingerprint density at radius 3 is 2.68 bits per heavy atom. The normalized spacial score (nSPS) is 20.7. The van der Waals surface area contributed by atoms with Gasteiger partial charge in [0.05, 0.1) is 18.8 Å². The molecule has 0 radical (unpaired) electrons. The van der Waals surface area contributed by atoms with Crippen molar-refractivity contribution in [2.75, 3.05) is 25.0 Å². The molecule has 122 valence electrons. The monoisotopic (exact) mass is 314 g/mol. The number of benzene rings is 1. The highest BCUT2D eigenvalue weighted by atomic mass is 19.3. The molecule has 0 saturated carbocycles. The molecule has 1 heterocycles. The molecular weight excluding hydrogens is 294 g/mol. The van der Waals surface area contributed by atoms with Crippen LogP contribution in [-0.2, 0) is 9.53 Å². The average molecular weight is 314 g/mol. The summed E-state index contributed by atoms with van der Waals surface area (Å²) < 4.78 is 33.8. The number of ether oxygens (including phenoxy) is 2. The molecule has 0 aromatic heterocycles. The smallest absolute Gasteiger partial charge is 0.387 e. The minimum Gasteiger partial charge on any atom is -0.435 e. The lowest BCUT2D eigenvalue weighted by atomic mass is 10.2. The fourth-order valence-corrected chi connectivity index (χ4v) is 2.33. The zero-order chi connectivity index (χ0) is 16.1. The third-order valence-corrected chi connectivity index (χ3v) is 3.55. The van der Waals surface area contributed by atoms with Gasteiger partial charge in [-0.1, -0.05) is 0 Å². The Morgan fingerprint density at radius 2 is 2.09 bits per heavy atom. The van der Waals surface area contributed by atoms with E-state index in [-0.39, 0.29) is 23.8 Å². The summed E-state index contributed by atoms with van der Waals surface area (Å²) in [6.07, 6.45) is 0.106. The van der Waals surface area contributed by atoms with Crippen molar-refractivity contribution in [3.63, 3.8) is 0 Å². The number of nitrogens with one attached hydrogen (secondary N) is 1. The summed E-state index contributed by atoms with van der Waals surface area (Å²) in [4.78, 5) is 14.3. The van der Waals surface area contributed by atoms with Crippen LogP contribution in [0.1, 0.15) is 13.8 Å². The molecule has 0 spiro atoms. The van der Waals surface area contributed by atoms with Crippen LogP contribution in [0.4, 0.5) is 14.5 Å². The van der Waals surface area contributed by atoms with Gasteiger partial charge in [0.15, 0.2) is 0 Å². The van der Waals surface area contributed by atoms with Crippen LogP contribution in [0.15, 0.2) is 24.3 Å². The van der Waals surface area contributed by atoms with Crippen molar-refractivity contribution >= 4 is 11.6 Å². The number of carbonyl (C=O) groups is 1. The molecule has 1 aliphatic heterocycles. The zero-order valence-electron chi connectivity index (χ0n) is 12.6. The lowest BCUT2D eigenvalue weighted by Gasteiger charge is -2.34. The molecule has 1 aromatic rings. The molecular formula is C15H20F2N2O3. The molecule has 1 amide bonds. The maximum atomic E-state index is 12.2. The summed E-state index contributed by atoms with van der Waals surface area (Å²) in [7, 11) is 0. The largest absolute Gasteiger partial charge is 0.435 e. The molecule has 22 heavy (non-hydrogen) atoms. The zero-order valence-corrected chi connectivity index (χ0v) is 12.6. The third-order valence-electron chi connectivity index (χ3n) is 3.55. The number of amides is 1. The van der Waals surface area contributed by atoms with Gasteiger partial charge in [-0.2, -0.15) is 8.78 Å². The number of morpholine rings is 1. The van der Waals surface area contributed by atoms with Crippen LogP contribution in [0.25, 0.3) is 0 Å². The first-order chi connectivity index (χ1) is 10.5. The van der Waals surface area contributed by atoms with E-state index < -0.39 is 6.61 Å². The summed E-state index contributed by atoms with van der Waals surface area (Å²) in [6, 6.07) is 5.56. The maximum absolute atomic E-state index is 12.2. The molecule has 5 nitrogen and oxygen atoms in total. The molecule has 1 fully saturated rings. The second kappa shape index (κ2) is 7.51. The number of halogens is 2. The molecule has 1 saturated heterocycles. The van der Waals surface area contributed by atoms with E-state index in [0.717, 1.165) is 0 Å². The summed E-state index contributed by atoms with van der Waals surface area (Å²) in [5.41, 5.74) is 0.541. The molecule has 1 aromatic carbocycles. The maximum Gasteiger partial charge on any atom is 0.387 e. The molecule has 0 bridgehead atoms. The van der Waals surface area contributed by atoms with Crippen LogP contribution in [0.2, 0.25) is 0 Å². The lowest BCUT2D eigenvalue weighted by Crippen LogP contribution is -2.50. The van der Waals surface area contributed by atoms with Gasteiger partial charge >= 0.3 is 6.61 Å². The molecule has 2 rings (SSSR count). The standard InChI is InChI=1S/C15H20F2N2O3/c1-10-9-19(7-8-21-10)11(2)14(20)18-12-3-5-13(6-4-12)22-15(16)17/h3-6,10-11,15H,7-9H2,1-2H3,(H,18,20)/t10-,11-/m0/s1. The Labute approximate surface area is 128 Å². The van der Waals surface area contributed by atoms with E-state index in [4.69, 9.17) is 4.74 Å². The number of anilines is 1. The Bertz CT molecular complexity index is 496. The summed E-state index contributed by atoms with van der Waals surface area (Å²) in [6.45, 7) is 2.97. The SMILES string of the molecule is C[C@H]1CN([C@@H](C)C(=O)Nc2ccc(OC(F)F)cc2)CCO1. The topological polar surface area (TPSA) is 50.8 Å². The first kappa shape index (κ1) is 16.6. The van der Waals surface area contributed by atoms with Gasteiger partial charge in [0, 0.05) is 18.8 Å². The van der Waals surface area contributed by atoms with Gasteiger partial charge in [-0.3, -0.25) is 9.69 Å². The van der Waals surface area contributed by atoms with Crippen LogP contribution in [0.5, 0.6) is 5.75 Å². The Kier molecular flexibility index (Phi) is 5.68. The Balaban J connectivity index is 1.90. The fraction of sp³-hybridized carbons (Fsp3) is 0.533. The van der Waals surface area contributed by atoms with Gasteiger partial charge in [-0.25, -0.2) is 0 Å². The highest BCUT2D eigenvalue weighted by Crippen LogP contribution is 2.18. The van der Waals surface area contributed by atoms with Gasteiger partial charge in [0.1, 0.15) is 5.75 Å². The second-order valence-corrected chi connectivity index (χ2v) is 5.24. The van der Waals surface area contributed by atoms with Crippen molar-refractivity contribution in [1.82, 2.24) is 4.90 Å². The Morgan fingerprint density at radius 1 is 1.41 bits per heavy atom. The fourth-order valence-electron chi connectivity index (χ4n) is 2.33. The number of hydrogen-bond donors (Lipinski definition) is 1. The molecule has 2 atom stereocenters. The van der Waals surface area contributed by atoms with Crippen molar-refractivity contribution < 1.29 is 23.0 Å². The summed E-state index contributed by atoms with van der Waals surface area (Å²) in [5, 5.41) is 2.77. The van der Waals surface area contributed by atoms with Crippen molar-refractivity contribution in [2.24, 2.45) is 0 Å².